The van der Waals surface area contributed by atoms with Crippen LogP contribution in [0.1, 0.15) is 23.1 Å². The van der Waals surface area contributed by atoms with E-state index in [0.717, 1.165) is 11.3 Å². The van der Waals surface area contributed by atoms with Gasteiger partial charge in [0.1, 0.15) is 5.76 Å². The normalized spacial score (nSPS) is 18.7. The Hall–Kier alpha value is -2.14. The highest BCUT2D eigenvalue weighted by atomic mass is 16.5. The van der Waals surface area contributed by atoms with Crippen LogP contribution in [0.4, 0.5) is 0 Å². The second kappa shape index (κ2) is 6.10. The van der Waals surface area contributed by atoms with Gasteiger partial charge in [-0.05, 0) is 12.5 Å². The number of carbonyl (C=O) groups excluding carboxylic acids is 1. The van der Waals surface area contributed by atoms with Crippen molar-refractivity contribution >= 4 is 5.91 Å². The number of aryl methyl sites for hydroxylation is 1. The zero-order valence-electron chi connectivity index (χ0n) is 12.0. The Morgan fingerprint density at radius 1 is 1.38 bits per heavy atom. The second-order valence-electron chi connectivity index (χ2n) is 5.19. The number of aromatic nitrogens is 1. The topological polar surface area (TPSA) is 55.6 Å². The predicted molar refractivity (Wildman–Crippen MR) is 76.7 cm³/mol. The summed E-state index contributed by atoms with van der Waals surface area (Å²) in [6.45, 7) is 3.54. The summed E-state index contributed by atoms with van der Waals surface area (Å²) >= 11 is 0. The quantitative estimate of drug-likeness (QED) is 0.867. The monoisotopic (exact) mass is 286 g/mol. The fraction of sp³-hybridized carbons (Fsp3) is 0.375. The van der Waals surface area contributed by atoms with Crippen LogP contribution in [0.25, 0.3) is 0 Å². The first kappa shape index (κ1) is 13.8. The van der Waals surface area contributed by atoms with Crippen LogP contribution in [0.5, 0.6) is 0 Å². The number of amides is 1. The number of carbonyl (C=O) groups is 1. The summed E-state index contributed by atoms with van der Waals surface area (Å²) in [4.78, 5) is 14.4. The molecule has 0 radical (unpaired) electrons. The van der Waals surface area contributed by atoms with Crippen LogP contribution in [-0.4, -0.2) is 35.7 Å². The first-order valence-corrected chi connectivity index (χ1v) is 7.08. The fourth-order valence-electron chi connectivity index (χ4n) is 2.61. The standard InChI is InChI=1S/C16H18N2O3/c1-12-9-14(17-21-12)10-16(19)18-7-8-20-11-15(18)13-5-3-2-4-6-13/h2-6,9,15H,7-8,10-11H2,1H3. The van der Waals surface area contributed by atoms with E-state index in [4.69, 9.17) is 9.26 Å². The summed E-state index contributed by atoms with van der Waals surface area (Å²) in [7, 11) is 0. The van der Waals surface area contributed by atoms with Crippen molar-refractivity contribution in [2.75, 3.05) is 19.8 Å². The average molecular weight is 286 g/mol. The van der Waals surface area contributed by atoms with Crippen molar-refractivity contribution in [3.8, 4) is 0 Å². The van der Waals surface area contributed by atoms with Crippen molar-refractivity contribution in [1.82, 2.24) is 10.1 Å². The Balaban J connectivity index is 1.76. The molecule has 1 saturated heterocycles. The van der Waals surface area contributed by atoms with E-state index in [1.807, 2.05) is 42.2 Å². The zero-order valence-corrected chi connectivity index (χ0v) is 12.0. The number of benzene rings is 1. The summed E-state index contributed by atoms with van der Waals surface area (Å²) in [6.07, 6.45) is 0.265. The molecule has 0 bridgehead atoms. The van der Waals surface area contributed by atoms with Gasteiger partial charge < -0.3 is 14.2 Å². The molecule has 2 heterocycles. The smallest absolute Gasteiger partial charge is 0.229 e. The number of hydrogen-bond acceptors (Lipinski definition) is 4. The van der Waals surface area contributed by atoms with Gasteiger partial charge in [-0.15, -0.1) is 0 Å². The fourth-order valence-corrected chi connectivity index (χ4v) is 2.61. The van der Waals surface area contributed by atoms with E-state index >= 15 is 0 Å². The van der Waals surface area contributed by atoms with Crippen LogP contribution in [-0.2, 0) is 16.0 Å². The predicted octanol–water partition coefficient (Wildman–Crippen LogP) is 2.13. The van der Waals surface area contributed by atoms with Crippen LogP contribution in [0.3, 0.4) is 0 Å². The lowest BCUT2D eigenvalue weighted by Crippen LogP contribution is -2.44. The minimum absolute atomic E-state index is 0.0274. The van der Waals surface area contributed by atoms with E-state index in [9.17, 15) is 4.79 Å². The molecule has 0 saturated carbocycles. The largest absolute Gasteiger partial charge is 0.377 e. The Morgan fingerprint density at radius 2 is 2.19 bits per heavy atom. The maximum atomic E-state index is 12.5. The lowest BCUT2D eigenvalue weighted by molar-refractivity contribution is -0.139. The molecule has 1 aliphatic heterocycles. The molecule has 0 aliphatic carbocycles. The third kappa shape index (κ3) is 3.13. The summed E-state index contributed by atoms with van der Waals surface area (Å²) in [6, 6.07) is 11.8. The Labute approximate surface area is 123 Å². The second-order valence-corrected chi connectivity index (χ2v) is 5.19. The third-order valence-electron chi connectivity index (χ3n) is 3.64. The molecule has 1 aromatic heterocycles. The van der Waals surface area contributed by atoms with Gasteiger partial charge in [-0.1, -0.05) is 35.5 Å². The lowest BCUT2D eigenvalue weighted by Gasteiger charge is -2.35. The van der Waals surface area contributed by atoms with E-state index < -0.39 is 0 Å². The average Bonchev–Trinajstić information content (AvgIpc) is 2.93. The molecule has 5 heteroatoms. The van der Waals surface area contributed by atoms with Gasteiger partial charge in [0.2, 0.25) is 5.91 Å². The number of nitrogens with zero attached hydrogens (tertiary/aromatic N) is 2. The highest BCUT2D eigenvalue weighted by Crippen LogP contribution is 2.24. The highest BCUT2D eigenvalue weighted by molar-refractivity contribution is 5.79. The number of ether oxygens (including phenoxy) is 1. The van der Waals surface area contributed by atoms with Crippen LogP contribution < -0.4 is 0 Å². The molecule has 110 valence electrons. The first-order chi connectivity index (χ1) is 10.2. The molecule has 1 aliphatic rings. The Kier molecular flexibility index (Phi) is 4.01. The van der Waals surface area contributed by atoms with E-state index in [0.29, 0.717) is 25.5 Å². The molecule has 1 aromatic carbocycles. The molecule has 1 unspecified atom stereocenters. The zero-order chi connectivity index (χ0) is 14.7. The molecular weight excluding hydrogens is 268 g/mol. The Morgan fingerprint density at radius 3 is 2.90 bits per heavy atom. The van der Waals surface area contributed by atoms with Gasteiger partial charge in [0.15, 0.2) is 0 Å². The molecule has 5 nitrogen and oxygen atoms in total. The van der Waals surface area contributed by atoms with Gasteiger partial charge in [-0.2, -0.15) is 0 Å². The van der Waals surface area contributed by atoms with E-state index in [1.54, 1.807) is 6.07 Å². The summed E-state index contributed by atoms with van der Waals surface area (Å²) in [5.41, 5.74) is 1.78. The first-order valence-electron chi connectivity index (χ1n) is 7.08. The summed E-state index contributed by atoms with van der Waals surface area (Å²) in [5.74, 6) is 0.778. The van der Waals surface area contributed by atoms with E-state index in [1.165, 1.54) is 0 Å². The molecule has 1 fully saturated rings. The molecule has 0 N–H and O–H groups in total. The SMILES string of the molecule is Cc1cc(CC(=O)N2CCOCC2c2ccccc2)no1. The van der Waals surface area contributed by atoms with Crippen molar-refractivity contribution in [2.24, 2.45) is 0 Å². The van der Waals surface area contributed by atoms with Crippen LogP contribution in [0, 0.1) is 6.92 Å². The molecule has 2 aromatic rings. The van der Waals surface area contributed by atoms with Gasteiger partial charge in [-0.25, -0.2) is 0 Å². The highest BCUT2D eigenvalue weighted by Gasteiger charge is 2.28. The minimum Gasteiger partial charge on any atom is -0.377 e. The van der Waals surface area contributed by atoms with Gasteiger partial charge in [-0.3, -0.25) is 4.79 Å². The van der Waals surface area contributed by atoms with E-state index in [2.05, 4.69) is 5.16 Å². The van der Waals surface area contributed by atoms with Gasteiger partial charge in [0.25, 0.3) is 0 Å². The molecule has 21 heavy (non-hydrogen) atoms. The van der Waals surface area contributed by atoms with Gasteiger partial charge >= 0.3 is 0 Å². The minimum atomic E-state index is -0.0274. The number of morpholine rings is 1. The maximum absolute atomic E-state index is 12.5. The molecule has 3 rings (SSSR count). The number of rotatable bonds is 3. The molecule has 1 atom stereocenters. The Bertz CT molecular complexity index is 609. The van der Waals surface area contributed by atoms with Crippen molar-refractivity contribution in [3.05, 3.63) is 53.4 Å². The van der Waals surface area contributed by atoms with Crippen molar-refractivity contribution in [1.29, 1.82) is 0 Å². The van der Waals surface area contributed by atoms with Crippen LogP contribution in [0.2, 0.25) is 0 Å². The molecule has 0 spiro atoms. The van der Waals surface area contributed by atoms with Crippen molar-refractivity contribution < 1.29 is 14.1 Å². The number of hydrogen-bond donors (Lipinski definition) is 0. The summed E-state index contributed by atoms with van der Waals surface area (Å²) in [5, 5.41) is 3.89. The third-order valence-corrected chi connectivity index (χ3v) is 3.64. The van der Waals surface area contributed by atoms with Crippen molar-refractivity contribution in [2.45, 2.75) is 19.4 Å². The van der Waals surface area contributed by atoms with E-state index in [-0.39, 0.29) is 18.4 Å². The van der Waals surface area contributed by atoms with Gasteiger partial charge in [0, 0.05) is 12.6 Å². The van der Waals surface area contributed by atoms with Crippen LogP contribution in [0.15, 0.2) is 40.9 Å². The molecular formula is C16H18N2O3. The van der Waals surface area contributed by atoms with Crippen molar-refractivity contribution in [3.63, 3.8) is 0 Å². The maximum Gasteiger partial charge on any atom is 0.229 e. The summed E-state index contributed by atoms with van der Waals surface area (Å²) < 4.78 is 10.6. The lowest BCUT2D eigenvalue weighted by atomic mass is 10.0. The van der Waals surface area contributed by atoms with Crippen LogP contribution >= 0.6 is 0 Å². The molecule has 1 amide bonds. The van der Waals surface area contributed by atoms with Gasteiger partial charge in [0.05, 0.1) is 31.4 Å².